The number of rotatable bonds is 6. The van der Waals surface area contributed by atoms with E-state index < -0.39 is 6.23 Å². The predicted molar refractivity (Wildman–Crippen MR) is 72.8 cm³/mol. The van der Waals surface area contributed by atoms with Gasteiger partial charge >= 0.3 is 0 Å². The zero-order chi connectivity index (χ0) is 13.2. The molecule has 3 heteroatoms. The first-order valence-corrected chi connectivity index (χ1v) is 6.34. The summed E-state index contributed by atoms with van der Waals surface area (Å²) in [5.41, 5.74) is 7.44. The summed E-state index contributed by atoms with van der Waals surface area (Å²) in [5, 5.41) is 17.7. The fraction of sp³-hybridized carbons (Fsp3) is 0.467. The van der Waals surface area contributed by atoms with Gasteiger partial charge < -0.3 is 15.9 Å². The third-order valence-corrected chi connectivity index (χ3v) is 2.60. The molecule has 98 valence electrons. The molecule has 4 N–H and O–H groups in total. The van der Waals surface area contributed by atoms with Gasteiger partial charge in [-0.05, 0) is 43.4 Å². The van der Waals surface area contributed by atoms with E-state index in [1.165, 1.54) is 0 Å². The Hall–Kier alpha value is -1.34. The van der Waals surface area contributed by atoms with Crippen molar-refractivity contribution >= 4 is 0 Å². The molecule has 0 saturated heterocycles. The highest BCUT2D eigenvalue weighted by Gasteiger charge is 1.98. The van der Waals surface area contributed by atoms with Gasteiger partial charge in [-0.2, -0.15) is 0 Å². The number of hydrogen-bond donors (Lipinski definition) is 3. The zero-order valence-electron chi connectivity index (χ0n) is 10.6. The summed E-state index contributed by atoms with van der Waals surface area (Å²) in [6.45, 7) is 0.235. The highest BCUT2D eigenvalue weighted by Crippen LogP contribution is 2.07. The van der Waals surface area contributed by atoms with Crippen LogP contribution in [0.1, 0.15) is 36.8 Å². The van der Waals surface area contributed by atoms with E-state index in [-0.39, 0.29) is 6.61 Å². The zero-order valence-corrected chi connectivity index (χ0v) is 10.6. The molecule has 18 heavy (non-hydrogen) atoms. The second-order valence-electron chi connectivity index (χ2n) is 4.29. The molecule has 0 aromatic heterocycles. The lowest BCUT2D eigenvalue weighted by Gasteiger charge is -2.04. The van der Waals surface area contributed by atoms with E-state index >= 15 is 0 Å². The molecule has 0 aliphatic heterocycles. The fourth-order valence-corrected chi connectivity index (χ4v) is 1.61. The third-order valence-electron chi connectivity index (χ3n) is 2.60. The lowest BCUT2D eigenvalue weighted by Crippen LogP contribution is -2.19. The Labute approximate surface area is 109 Å². The van der Waals surface area contributed by atoms with E-state index in [4.69, 9.17) is 15.9 Å². The van der Waals surface area contributed by atoms with Gasteiger partial charge in [0.1, 0.15) is 6.23 Å². The van der Waals surface area contributed by atoms with E-state index in [9.17, 15) is 0 Å². The SMILES string of the molecule is NC(O)CCc1cccc(C#CCCCCO)c1. The molecule has 0 fully saturated rings. The van der Waals surface area contributed by atoms with E-state index in [2.05, 4.69) is 11.8 Å². The summed E-state index contributed by atoms with van der Waals surface area (Å²) in [6.07, 6.45) is 3.13. The molecule has 0 aliphatic rings. The van der Waals surface area contributed by atoms with Crippen molar-refractivity contribution in [3.8, 4) is 11.8 Å². The average Bonchev–Trinajstić information content (AvgIpc) is 2.37. The molecular weight excluding hydrogens is 226 g/mol. The van der Waals surface area contributed by atoms with Crippen LogP contribution in [0.3, 0.4) is 0 Å². The van der Waals surface area contributed by atoms with E-state index in [1.54, 1.807) is 0 Å². The van der Waals surface area contributed by atoms with Crippen LogP contribution < -0.4 is 5.73 Å². The number of aryl methyl sites for hydroxylation is 1. The highest BCUT2D eigenvalue weighted by molar-refractivity contribution is 5.37. The maximum absolute atomic E-state index is 9.04. The summed E-state index contributed by atoms with van der Waals surface area (Å²) < 4.78 is 0. The number of nitrogens with two attached hydrogens (primary N) is 1. The molecule has 0 saturated carbocycles. The van der Waals surface area contributed by atoms with E-state index in [0.717, 1.165) is 36.8 Å². The van der Waals surface area contributed by atoms with Crippen LogP contribution in [-0.2, 0) is 6.42 Å². The minimum Gasteiger partial charge on any atom is -0.396 e. The first kappa shape index (κ1) is 14.7. The van der Waals surface area contributed by atoms with Gasteiger partial charge in [-0.25, -0.2) is 0 Å². The van der Waals surface area contributed by atoms with Crippen LogP contribution in [0, 0.1) is 11.8 Å². The van der Waals surface area contributed by atoms with Crippen LogP contribution in [0.4, 0.5) is 0 Å². The number of unbranched alkanes of at least 4 members (excludes halogenated alkanes) is 2. The number of aliphatic hydroxyl groups excluding tert-OH is 2. The van der Waals surface area contributed by atoms with Gasteiger partial charge in [0.25, 0.3) is 0 Å². The molecule has 0 heterocycles. The van der Waals surface area contributed by atoms with Crippen LogP contribution >= 0.6 is 0 Å². The number of benzene rings is 1. The second kappa shape index (κ2) is 8.71. The smallest absolute Gasteiger partial charge is 0.102 e. The van der Waals surface area contributed by atoms with Crippen LogP contribution in [0.5, 0.6) is 0 Å². The maximum Gasteiger partial charge on any atom is 0.102 e. The summed E-state index contributed by atoms with van der Waals surface area (Å²) >= 11 is 0. The third kappa shape index (κ3) is 6.41. The van der Waals surface area contributed by atoms with Gasteiger partial charge in [-0.1, -0.05) is 24.0 Å². The summed E-state index contributed by atoms with van der Waals surface area (Å²) in [5.74, 6) is 6.20. The molecule has 1 rings (SSSR count). The van der Waals surface area contributed by atoms with Crippen LogP contribution in [0.2, 0.25) is 0 Å². The van der Waals surface area contributed by atoms with Gasteiger partial charge in [0.05, 0.1) is 0 Å². The first-order valence-electron chi connectivity index (χ1n) is 6.34. The predicted octanol–water partition coefficient (Wildman–Crippen LogP) is 1.41. The first-order chi connectivity index (χ1) is 8.72. The van der Waals surface area contributed by atoms with Gasteiger partial charge in [-0.3, -0.25) is 0 Å². The Kier molecular flexibility index (Phi) is 7.12. The lowest BCUT2D eigenvalue weighted by atomic mass is 10.1. The van der Waals surface area contributed by atoms with E-state index in [0.29, 0.717) is 6.42 Å². The Morgan fingerprint density at radius 2 is 2.11 bits per heavy atom. The summed E-state index contributed by atoms with van der Waals surface area (Å²) in [4.78, 5) is 0. The topological polar surface area (TPSA) is 66.5 Å². The molecule has 0 radical (unpaired) electrons. The lowest BCUT2D eigenvalue weighted by molar-refractivity contribution is 0.172. The summed E-state index contributed by atoms with van der Waals surface area (Å²) in [7, 11) is 0. The molecule has 1 unspecified atom stereocenters. The number of aliphatic hydroxyl groups is 2. The van der Waals surface area contributed by atoms with Gasteiger partial charge in [0, 0.05) is 18.6 Å². The monoisotopic (exact) mass is 247 g/mol. The molecule has 3 nitrogen and oxygen atoms in total. The van der Waals surface area contributed by atoms with Crippen molar-refractivity contribution in [2.45, 2.75) is 38.3 Å². The van der Waals surface area contributed by atoms with Gasteiger partial charge in [-0.15, -0.1) is 0 Å². The molecule has 0 spiro atoms. The molecule has 1 aromatic carbocycles. The van der Waals surface area contributed by atoms with Crippen molar-refractivity contribution in [3.05, 3.63) is 35.4 Å². The van der Waals surface area contributed by atoms with Crippen LogP contribution in [0.25, 0.3) is 0 Å². The van der Waals surface area contributed by atoms with Gasteiger partial charge in [0.2, 0.25) is 0 Å². The molecule has 0 bridgehead atoms. The Morgan fingerprint density at radius 1 is 1.28 bits per heavy atom. The molecule has 1 aromatic rings. The Morgan fingerprint density at radius 3 is 2.83 bits per heavy atom. The Balaban J connectivity index is 2.48. The minimum atomic E-state index is -0.752. The van der Waals surface area contributed by atoms with Crippen molar-refractivity contribution in [1.29, 1.82) is 0 Å². The normalized spacial score (nSPS) is 11.7. The number of hydrogen-bond acceptors (Lipinski definition) is 3. The standard InChI is InChI=1S/C15H21NO2/c16-15(18)10-9-14-8-5-7-13(12-14)6-3-1-2-4-11-17/h5,7-8,12,15,17-18H,1-2,4,9-11,16H2. The van der Waals surface area contributed by atoms with Crippen molar-refractivity contribution in [2.75, 3.05) is 6.61 Å². The van der Waals surface area contributed by atoms with Crippen LogP contribution in [0.15, 0.2) is 24.3 Å². The molecular formula is C15H21NO2. The average molecular weight is 247 g/mol. The van der Waals surface area contributed by atoms with E-state index in [1.807, 2.05) is 24.3 Å². The molecule has 0 amide bonds. The van der Waals surface area contributed by atoms with Crippen molar-refractivity contribution in [1.82, 2.24) is 0 Å². The van der Waals surface area contributed by atoms with Gasteiger partial charge in [0.15, 0.2) is 0 Å². The highest BCUT2D eigenvalue weighted by atomic mass is 16.3. The Bertz CT molecular complexity index is 404. The molecule has 0 aliphatic carbocycles. The minimum absolute atomic E-state index is 0.235. The van der Waals surface area contributed by atoms with Crippen molar-refractivity contribution in [3.63, 3.8) is 0 Å². The quantitative estimate of drug-likeness (QED) is 0.404. The summed E-state index contributed by atoms with van der Waals surface area (Å²) in [6, 6.07) is 7.98. The second-order valence-corrected chi connectivity index (χ2v) is 4.29. The fourth-order valence-electron chi connectivity index (χ4n) is 1.61. The molecule has 1 atom stereocenters. The largest absolute Gasteiger partial charge is 0.396 e. The van der Waals surface area contributed by atoms with Crippen molar-refractivity contribution in [2.24, 2.45) is 5.73 Å². The van der Waals surface area contributed by atoms with Crippen LogP contribution in [-0.4, -0.2) is 23.0 Å². The maximum atomic E-state index is 9.04. The van der Waals surface area contributed by atoms with Crippen molar-refractivity contribution < 1.29 is 10.2 Å².